The first-order valence-electron chi connectivity index (χ1n) is 13.5. The number of piperidine rings is 1. The molecule has 1 aromatic carbocycles. The molecule has 0 amide bonds. The van der Waals surface area contributed by atoms with Crippen molar-refractivity contribution < 1.29 is 14.2 Å². The molecule has 0 aliphatic carbocycles. The van der Waals surface area contributed by atoms with Crippen LogP contribution in [0.4, 0.5) is 10.2 Å². The average molecular weight is 496 g/mol. The quantitative estimate of drug-likeness (QED) is 0.659. The molecule has 8 heteroatoms. The van der Waals surface area contributed by atoms with Crippen LogP contribution in [0.15, 0.2) is 30.3 Å². The fraction of sp³-hybridized carbons (Fsp3) is 0.643. The molecule has 0 bridgehead atoms. The minimum absolute atomic E-state index is 0.229. The van der Waals surface area contributed by atoms with Crippen molar-refractivity contribution in [3.05, 3.63) is 47.2 Å². The van der Waals surface area contributed by atoms with Gasteiger partial charge < -0.3 is 14.7 Å². The Bertz CT molecular complexity index is 1080. The lowest BCUT2D eigenvalue weighted by atomic mass is 9.94. The molecule has 1 N–H and O–H groups in total. The Morgan fingerprint density at radius 1 is 1.11 bits per heavy atom. The Hall–Kier alpha value is -2.29. The topological polar surface area (TPSA) is 65.0 Å². The number of aromatic nitrogens is 2. The van der Waals surface area contributed by atoms with E-state index in [1.807, 2.05) is 13.0 Å². The number of ether oxygens (including phenoxy) is 1. The van der Waals surface area contributed by atoms with Gasteiger partial charge in [0.2, 0.25) is 0 Å². The Kier molecular flexibility index (Phi) is 6.38. The molecule has 0 spiro atoms. The molecule has 4 aliphatic heterocycles. The van der Waals surface area contributed by atoms with Crippen molar-refractivity contribution in [1.29, 1.82) is 0 Å². The van der Waals surface area contributed by atoms with Crippen molar-refractivity contribution in [3.63, 3.8) is 0 Å². The number of rotatable bonds is 6. The number of nitrogens with zero attached hydrogens (tertiary/aromatic N) is 5. The van der Waals surface area contributed by atoms with Crippen molar-refractivity contribution in [2.24, 2.45) is 0 Å². The third-order valence-electron chi connectivity index (χ3n) is 8.56. The summed E-state index contributed by atoms with van der Waals surface area (Å²) in [6, 6.07) is 10.9. The fourth-order valence-electron chi connectivity index (χ4n) is 6.79. The maximum Gasteiger partial charge on any atom is 0.318 e. The molecule has 1 aromatic heterocycles. The molecule has 0 radical (unpaired) electrons. The summed E-state index contributed by atoms with van der Waals surface area (Å²) in [5.41, 5.74) is 2.52. The van der Waals surface area contributed by atoms with Gasteiger partial charge in [-0.05, 0) is 51.1 Å². The highest BCUT2D eigenvalue weighted by molar-refractivity contribution is 5.52. The summed E-state index contributed by atoms with van der Waals surface area (Å²) in [5, 5.41) is 10.8. The minimum atomic E-state index is -0.781. The van der Waals surface area contributed by atoms with Crippen LogP contribution in [0.2, 0.25) is 0 Å². The molecule has 3 saturated heterocycles. The first-order valence-corrected chi connectivity index (χ1v) is 13.5. The van der Waals surface area contributed by atoms with E-state index in [9.17, 15) is 9.50 Å². The van der Waals surface area contributed by atoms with E-state index in [1.54, 1.807) is 0 Å². The van der Waals surface area contributed by atoms with Crippen LogP contribution in [0.3, 0.4) is 0 Å². The van der Waals surface area contributed by atoms with E-state index in [4.69, 9.17) is 14.7 Å². The van der Waals surface area contributed by atoms with Crippen LogP contribution in [0.25, 0.3) is 0 Å². The van der Waals surface area contributed by atoms with Crippen molar-refractivity contribution in [2.75, 3.05) is 44.2 Å². The molecule has 36 heavy (non-hydrogen) atoms. The normalized spacial score (nSPS) is 30.9. The van der Waals surface area contributed by atoms with E-state index in [0.717, 1.165) is 76.3 Å². The van der Waals surface area contributed by atoms with E-state index >= 15 is 0 Å². The van der Waals surface area contributed by atoms with Crippen LogP contribution in [0.5, 0.6) is 6.01 Å². The smallest absolute Gasteiger partial charge is 0.318 e. The molecular formula is C28H38FN5O2. The van der Waals surface area contributed by atoms with Gasteiger partial charge >= 0.3 is 6.01 Å². The fourth-order valence-corrected chi connectivity index (χ4v) is 6.79. The monoisotopic (exact) mass is 495 g/mol. The standard InChI is InChI=1S/C28H38FN5O2/c1-27(35)10-5-12-33(19-27)25-23-9-14-32(16-21-7-3-2-4-8-21)18-24(23)30-26(31-25)36-20-28-11-6-13-34(28)17-22(29)15-28/h2-4,7-8,22,35H,5-6,9-20H2,1H3/t22-,27-,28+/m1/s1. The van der Waals surface area contributed by atoms with E-state index in [2.05, 4.69) is 39.0 Å². The van der Waals surface area contributed by atoms with Gasteiger partial charge in [-0.2, -0.15) is 9.97 Å². The number of benzene rings is 1. The zero-order chi connectivity index (χ0) is 24.8. The maximum atomic E-state index is 14.3. The molecule has 5 heterocycles. The molecule has 3 atom stereocenters. The zero-order valence-electron chi connectivity index (χ0n) is 21.3. The second kappa shape index (κ2) is 9.54. The van der Waals surface area contributed by atoms with Crippen LogP contribution in [0.1, 0.15) is 55.8 Å². The maximum absolute atomic E-state index is 14.3. The zero-order valence-corrected chi connectivity index (χ0v) is 21.3. The van der Waals surface area contributed by atoms with E-state index in [0.29, 0.717) is 32.1 Å². The Labute approximate surface area is 213 Å². The van der Waals surface area contributed by atoms with Gasteiger partial charge in [0.1, 0.15) is 18.6 Å². The van der Waals surface area contributed by atoms with E-state index < -0.39 is 11.8 Å². The summed E-state index contributed by atoms with van der Waals surface area (Å²) in [6.45, 7) is 7.78. The van der Waals surface area contributed by atoms with Crippen LogP contribution in [-0.2, 0) is 19.5 Å². The van der Waals surface area contributed by atoms with Gasteiger partial charge in [0.25, 0.3) is 0 Å². The highest BCUT2D eigenvalue weighted by atomic mass is 19.1. The van der Waals surface area contributed by atoms with Crippen molar-refractivity contribution in [3.8, 4) is 6.01 Å². The van der Waals surface area contributed by atoms with Gasteiger partial charge in [0.05, 0.1) is 16.8 Å². The number of halogens is 1. The number of fused-ring (bicyclic) bond motifs is 2. The molecular weight excluding hydrogens is 457 g/mol. The number of hydrogen-bond acceptors (Lipinski definition) is 7. The average Bonchev–Trinajstić information content (AvgIpc) is 3.38. The van der Waals surface area contributed by atoms with Gasteiger partial charge in [-0.3, -0.25) is 9.80 Å². The lowest BCUT2D eigenvalue weighted by molar-refractivity contribution is 0.0445. The van der Waals surface area contributed by atoms with Crippen LogP contribution in [-0.4, -0.2) is 81.5 Å². The van der Waals surface area contributed by atoms with E-state index in [-0.39, 0.29) is 5.54 Å². The third kappa shape index (κ3) is 4.83. The summed E-state index contributed by atoms with van der Waals surface area (Å²) in [5.74, 6) is 0.907. The molecule has 3 fully saturated rings. The predicted octanol–water partition coefficient (Wildman–Crippen LogP) is 3.34. The van der Waals surface area contributed by atoms with Gasteiger partial charge in [-0.15, -0.1) is 0 Å². The van der Waals surface area contributed by atoms with Crippen molar-refractivity contribution in [2.45, 2.75) is 75.8 Å². The summed E-state index contributed by atoms with van der Waals surface area (Å²) >= 11 is 0. The number of hydrogen-bond donors (Lipinski definition) is 1. The summed E-state index contributed by atoms with van der Waals surface area (Å²) < 4.78 is 20.6. The van der Waals surface area contributed by atoms with Crippen molar-refractivity contribution >= 4 is 5.82 Å². The summed E-state index contributed by atoms with van der Waals surface area (Å²) in [4.78, 5) is 16.7. The molecule has 4 aliphatic rings. The number of anilines is 1. The van der Waals surface area contributed by atoms with Gasteiger partial charge in [-0.1, -0.05) is 30.3 Å². The highest BCUT2D eigenvalue weighted by Gasteiger charge is 2.49. The first-order chi connectivity index (χ1) is 17.4. The number of β-amino-alcohol motifs (C(OH)–C–C–N with tert-alkyl or cyclic N) is 1. The molecule has 0 unspecified atom stereocenters. The van der Waals surface area contributed by atoms with E-state index in [1.165, 1.54) is 11.1 Å². The Morgan fingerprint density at radius 3 is 2.78 bits per heavy atom. The summed E-state index contributed by atoms with van der Waals surface area (Å²) in [6.07, 6.45) is 4.40. The van der Waals surface area contributed by atoms with Crippen LogP contribution >= 0.6 is 0 Å². The van der Waals surface area contributed by atoms with Crippen LogP contribution in [0, 0.1) is 0 Å². The van der Waals surface area contributed by atoms with Gasteiger partial charge in [0, 0.05) is 51.3 Å². The van der Waals surface area contributed by atoms with Gasteiger partial charge in [-0.25, -0.2) is 4.39 Å². The van der Waals surface area contributed by atoms with Crippen molar-refractivity contribution in [1.82, 2.24) is 19.8 Å². The molecule has 0 saturated carbocycles. The molecule has 6 rings (SSSR count). The lowest BCUT2D eigenvalue weighted by Gasteiger charge is -2.39. The minimum Gasteiger partial charge on any atom is -0.461 e. The first kappa shape index (κ1) is 24.1. The lowest BCUT2D eigenvalue weighted by Crippen LogP contribution is -2.47. The second-order valence-electron chi connectivity index (χ2n) is 11.6. The second-order valence-corrected chi connectivity index (χ2v) is 11.6. The van der Waals surface area contributed by atoms with Gasteiger partial charge in [0.15, 0.2) is 0 Å². The molecule has 2 aromatic rings. The number of aliphatic hydroxyl groups is 1. The third-order valence-corrected chi connectivity index (χ3v) is 8.56. The molecule has 7 nitrogen and oxygen atoms in total. The predicted molar refractivity (Wildman–Crippen MR) is 137 cm³/mol. The molecule has 194 valence electrons. The Balaban J connectivity index is 1.27. The number of alkyl halides is 1. The van der Waals surface area contributed by atoms with Crippen LogP contribution < -0.4 is 9.64 Å². The summed E-state index contributed by atoms with van der Waals surface area (Å²) in [7, 11) is 0. The Morgan fingerprint density at radius 2 is 1.94 bits per heavy atom. The largest absolute Gasteiger partial charge is 0.461 e. The highest BCUT2D eigenvalue weighted by Crippen LogP contribution is 2.40. The SMILES string of the molecule is C[C@@]1(O)CCCN(c2nc(OC[C@@]34CCCN3C[C@H](F)C4)nc3c2CCN(Cc2ccccc2)C3)C1.